The van der Waals surface area contributed by atoms with Gasteiger partial charge in [-0.2, -0.15) is 0 Å². The molecule has 1 amide bonds. The zero-order valence-electron chi connectivity index (χ0n) is 17.4. The molecule has 0 radical (unpaired) electrons. The van der Waals surface area contributed by atoms with Crippen LogP contribution in [0.3, 0.4) is 0 Å². The van der Waals surface area contributed by atoms with E-state index in [0.717, 1.165) is 25.9 Å². The summed E-state index contributed by atoms with van der Waals surface area (Å²) in [5.74, 6) is -1.43. The number of ether oxygens (including phenoxy) is 1. The Morgan fingerprint density at radius 1 is 1.03 bits per heavy atom. The normalized spacial score (nSPS) is 21.1. The summed E-state index contributed by atoms with van der Waals surface area (Å²) in [6.45, 7) is 2.94. The van der Waals surface area contributed by atoms with Crippen molar-refractivity contribution in [3.05, 3.63) is 71.0 Å². The molecule has 1 N–H and O–H groups in total. The number of aliphatic hydroxyl groups is 1. The van der Waals surface area contributed by atoms with Crippen molar-refractivity contribution in [3.8, 4) is 5.75 Å². The second-order valence-electron chi connectivity index (χ2n) is 7.82. The lowest BCUT2D eigenvalue weighted by molar-refractivity contribution is -0.140. The predicted molar refractivity (Wildman–Crippen MR) is 114 cm³/mol. The van der Waals surface area contributed by atoms with Crippen LogP contribution >= 0.6 is 0 Å². The SMILES string of the molecule is COc1ccc(/C(O)=C2\C(=O)C(=O)N(CCN3CCCC3)C2c2ccc(F)cc2)cc1. The number of hydrogen-bond acceptors (Lipinski definition) is 5. The van der Waals surface area contributed by atoms with Crippen molar-refractivity contribution in [2.24, 2.45) is 0 Å². The van der Waals surface area contributed by atoms with E-state index in [4.69, 9.17) is 4.74 Å². The van der Waals surface area contributed by atoms with Crippen LogP contribution < -0.4 is 4.74 Å². The zero-order chi connectivity index (χ0) is 22.0. The number of carbonyl (C=O) groups excluding carboxylic acids is 2. The molecule has 162 valence electrons. The quantitative estimate of drug-likeness (QED) is 0.438. The van der Waals surface area contributed by atoms with Crippen LogP contribution in [0.5, 0.6) is 5.75 Å². The van der Waals surface area contributed by atoms with Gasteiger partial charge in [0.1, 0.15) is 17.3 Å². The molecule has 0 bridgehead atoms. The highest BCUT2D eigenvalue weighted by Gasteiger charge is 2.46. The second kappa shape index (κ2) is 8.89. The topological polar surface area (TPSA) is 70.1 Å². The number of rotatable bonds is 6. The number of amides is 1. The number of nitrogens with zero attached hydrogens (tertiary/aromatic N) is 2. The summed E-state index contributed by atoms with van der Waals surface area (Å²) in [4.78, 5) is 29.6. The lowest BCUT2D eigenvalue weighted by Crippen LogP contribution is -2.37. The van der Waals surface area contributed by atoms with Crippen LogP contribution in [-0.4, -0.2) is 59.9 Å². The van der Waals surface area contributed by atoms with Crippen LogP contribution in [0.4, 0.5) is 4.39 Å². The largest absolute Gasteiger partial charge is 0.507 e. The first-order chi connectivity index (χ1) is 15.0. The van der Waals surface area contributed by atoms with Gasteiger partial charge >= 0.3 is 0 Å². The summed E-state index contributed by atoms with van der Waals surface area (Å²) in [6.07, 6.45) is 2.25. The van der Waals surface area contributed by atoms with Gasteiger partial charge in [0, 0.05) is 18.7 Å². The van der Waals surface area contributed by atoms with Gasteiger partial charge in [0.05, 0.1) is 18.7 Å². The molecule has 2 heterocycles. The summed E-state index contributed by atoms with van der Waals surface area (Å²) in [5, 5.41) is 11.0. The van der Waals surface area contributed by atoms with Crippen LogP contribution in [0, 0.1) is 5.82 Å². The van der Waals surface area contributed by atoms with E-state index < -0.39 is 23.5 Å². The molecule has 1 unspecified atom stereocenters. The maximum Gasteiger partial charge on any atom is 0.295 e. The lowest BCUT2D eigenvalue weighted by atomic mass is 9.95. The fourth-order valence-corrected chi connectivity index (χ4v) is 4.26. The fraction of sp³-hybridized carbons (Fsp3) is 0.333. The van der Waals surface area contributed by atoms with E-state index in [1.165, 1.54) is 24.1 Å². The van der Waals surface area contributed by atoms with Crippen molar-refractivity contribution in [2.75, 3.05) is 33.3 Å². The standard InChI is InChI=1S/C24H25FN2O4/c1-31-19-10-6-17(7-11-19)22(28)20-21(16-4-8-18(25)9-5-16)27(24(30)23(20)29)15-14-26-12-2-3-13-26/h4-11,21,28H,2-3,12-15H2,1H3/b22-20+. The Hall–Kier alpha value is -3.19. The highest BCUT2D eigenvalue weighted by Crippen LogP contribution is 2.39. The molecule has 2 saturated heterocycles. The van der Waals surface area contributed by atoms with Gasteiger partial charge in [-0.15, -0.1) is 0 Å². The summed E-state index contributed by atoms with van der Waals surface area (Å²) in [5.41, 5.74) is 1.01. The molecule has 0 aliphatic carbocycles. The third-order valence-corrected chi connectivity index (χ3v) is 5.94. The third kappa shape index (κ3) is 4.18. The molecule has 2 aliphatic rings. The van der Waals surface area contributed by atoms with Crippen molar-refractivity contribution < 1.29 is 23.8 Å². The molecule has 0 aromatic heterocycles. The first-order valence-electron chi connectivity index (χ1n) is 10.4. The minimum Gasteiger partial charge on any atom is -0.507 e. The van der Waals surface area contributed by atoms with Crippen molar-refractivity contribution in [1.29, 1.82) is 0 Å². The fourth-order valence-electron chi connectivity index (χ4n) is 4.26. The van der Waals surface area contributed by atoms with E-state index in [-0.39, 0.29) is 11.3 Å². The van der Waals surface area contributed by atoms with E-state index in [0.29, 0.717) is 30.0 Å². The average Bonchev–Trinajstić information content (AvgIpc) is 3.39. The molecule has 2 aromatic rings. The van der Waals surface area contributed by atoms with E-state index in [1.54, 1.807) is 36.4 Å². The number of ketones is 1. The monoisotopic (exact) mass is 424 g/mol. The number of benzene rings is 2. The van der Waals surface area contributed by atoms with Crippen molar-refractivity contribution >= 4 is 17.4 Å². The van der Waals surface area contributed by atoms with Gasteiger partial charge in [-0.05, 0) is 67.9 Å². The molecule has 1 atom stereocenters. The zero-order valence-corrected chi connectivity index (χ0v) is 17.4. The molecule has 7 heteroatoms. The summed E-state index contributed by atoms with van der Waals surface area (Å²) >= 11 is 0. The van der Waals surface area contributed by atoms with Gasteiger partial charge in [0.25, 0.3) is 11.7 Å². The molecule has 0 spiro atoms. The van der Waals surface area contributed by atoms with Crippen LogP contribution in [0.2, 0.25) is 0 Å². The molecule has 2 aromatic carbocycles. The smallest absolute Gasteiger partial charge is 0.295 e. The van der Waals surface area contributed by atoms with Crippen molar-refractivity contribution in [1.82, 2.24) is 9.80 Å². The number of likely N-dealkylation sites (tertiary alicyclic amines) is 2. The van der Waals surface area contributed by atoms with E-state index in [1.807, 2.05) is 0 Å². The second-order valence-corrected chi connectivity index (χ2v) is 7.82. The van der Waals surface area contributed by atoms with Gasteiger partial charge in [-0.1, -0.05) is 12.1 Å². The Labute approximate surface area is 180 Å². The number of halogens is 1. The molecular formula is C24H25FN2O4. The van der Waals surface area contributed by atoms with Crippen molar-refractivity contribution in [3.63, 3.8) is 0 Å². The number of hydrogen-bond donors (Lipinski definition) is 1. The number of aliphatic hydroxyl groups excluding tert-OH is 1. The van der Waals surface area contributed by atoms with Gasteiger partial charge in [0.15, 0.2) is 0 Å². The van der Waals surface area contributed by atoms with Gasteiger partial charge in [-0.3, -0.25) is 9.59 Å². The average molecular weight is 424 g/mol. The Bertz CT molecular complexity index is 995. The molecule has 31 heavy (non-hydrogen) atoms. The third-order valence-electron chi connectivity index (χ3n) is 5.94. The minimum absolute atomic E-state index is 0.0168. The molecule has 2 aliphatic heterocycles. The van der Waals surface area contributed by atoms with Crippen LogP contribution in [-0.2, 0) is 9.59 Å². The molecule has 0 saturated carbocycles. The highest BCUT2D eigenvalue weighted by atomic mass is 19.1. The minimum atomic E-state index is -0.773. The van der Waals surface area contributed by atoms with Crippen molar-refractivity contribution in [2.45, 2.75) is 18.9 Å². The maximum atomic E-state index is 13.5. The van der Waals surface area contributed by atoms with E-state index in [9.17, 15) is 19.1 Å². The molecular weight excluding hydrogens is 399 g/mol. The highest BCUT2D eigenvalue weighted by molar-refractivity contribution is 6.46. The van der Waals surface area contributed by atoms with Crippen LogP contribution in [0.25, 0.3) is 5.76 Å². The Kier molecular flexibility index (Phi) is 6.04. The van der Waals surface area contributed by atoms with Crippen LogP contribution in [0.15, 0.2) is 54.1 Å². The van der Waals surface area contributed by atoms with E-state index >= 15 is 0 Å². The van der Waals surface area contributed by atoms with Crippen LogP contribution in [0.1, 0.15) is 30.0 Å². The summed E-state index contributed by atoms with van der Waals surface area (Å²) < 4.78 is 18.7. The maximum absolute atomic E-state index is 13.5. The van der Waals surface area contributed by atoms with E-state index in [2.05, 4.69) is 4.90 Å². The summed E-state index contributed by atoms with van der Waals surface area (Å²) in [6, 6.07) is 11.5. The molecule has 2 fully saturated rings. The first-order valence-corrected chi connectivity index (χ1v) is 10.4. The predicted octanol–water partition coefficient (Wildman–Crippen LogP) is 3.35. The molecule has 4 rings (SSSR count). The molecule has 6 nitrogen and oxygen atoms in total. The van der Waals surface area contributed by atoms with Gasteiger partial charge in [-0.25, -0.2) is 4.39 Å². The Morgan fingerprint density at radius 3 is 2.29 bits per heavy atom. The van der Waals surface area contributed by atoms with Gasteiger partial charge < -0.3 is 19.6 Å². The summed E-state index contributed by atoms with van der Waals surface area (Å²) in [7, 11) is 1.54. The number of methoxy groups -OCH3 is 1. The Morgan fingerprint density at radius 2 is 1.68 bits per heavy atom. The Balaban J connectivity index is 1.74. The number of carbonyl (C=O) groups is 2. The number of Topliss-reactive ketones (excluding diaryl/α,β-unsaturated/α-hetero) is 1. The first kappa shape index (κ1) is 21.1. The lowest BCUT2D eigenvalue weighted by Gasteiger charge is -2.27. The van der Waals surface area contributed by atoms with Gasteiger partial charge in [0.2, 0.25) is 0 Å².